The largest absolute Gasteiger partial charge is 0.477 e. The lowest BCUT2D eigenvalue weighted by atomic mass is 10.1. The number of carboxylic acids is 1. The van der Waals surface area contributed by atoms with E-state index in [0.29, 0.717) is 17.8 Å². The van der Waals surface area contributed by atoms with Gasteiger partial charge in [-0.05, 0) is 37.1 Å². The first-order chi connectivity index (χ1) is 9.06. The van der Waals surface area contributed by atoms with Gasteiger partial charge in [0.05, 0.1) is 5.69 Å². The van der Waals surface area contributed by atoms with Gasteiger partial charge in [0.15, 0.2) is 0 Å². The zero-order valence-electron chi connectivity index (χ0n) is 11.0. The summed E-state index contributed by atoms with van der Waals surface area (Å²) >= 11 is 0. The van der Waals surface area contributed by atoms with Gasteiger partial charge in [0, 0.05) is 12.1 Å². The molecule has 3 nitrogen and oxygen atoms in total. The molecule has 4 heteroatoms. The summed E-state index contributed by atoms with van der Waals surface area (Å²) in [5.41, 5.74) is 2.09. The van der Waals surface area contributed by atoms with Crippen LogP contribution in [-0.4, -0.2) is 15.6 Å². The number of hydrogen-bond donors (Lipinski definition) is 1. The molecule has 0 fully saturated rings. The molecular weight excluding hydrogens is 245 g/mol. The van der Waals surface area contributed by atoms with Gasteiger partial charge >= 0.3 is 5.97 Å². The molecule has 0 amide bonds. The number of carboxylic acid groups (broad SMARTS) is 1. The Labute approximate surface area is 111 Å². The fraction of sp³-hybridized carbons (Fsp3) is 0.267. The summed E-state index contributed by atoms with van der Waals surface area (Å²) in [6.07, 6.45) is 0.787. The maximum Gasteiger partial charge on any atom is 0.352 e. The van der Waals surface area contributed by atoms with Gasteiger partial charge in [-0.3, -0.25) is 0 Å². The fourth-order valence-electron chi connectivity index (χ4n) is 2.29. The Balaban J connectivity index is 2.65. The highest BCUT2D eigenvalue weighted by Gasteiger charge is 2.18. The van der Waals surface area contributed by atoms with Gasteiger partial charge in [0.1, 0.15) is 11.5 Å². The van der Waals surface area contributed by atoms with Crippen molar-refractivity contribution < 1.29 is 14.3 Å². The first-order valence-corrected chi connectivity index (χ1v) is 6.24. The smallest absolute Gasteiger partial charge is 0.352 e. The van der Waals surface area contributed by atoms with Crippen LogP contribution in [0.1, 0.15) is 29.4 Å². The van der Waals surface area contributed by atoms with E-state index in [1.807, 2.05) is 19.9 Å². The summed E-state index contributed by atoms with van der Waals surface area (Å²) in [4.78, 5) is 11.2. The molecule has 0 atom stereocenters. The van der Waals surface area contributed by atoms with Gasteiger partial charge in [-0.1, -0.05) is 19.1 Å². The highest BCUT2D eigenvalue weighted by molar-refractivity contribution is 5.87. The van der Waals surface area contributed by atoms with Crippen molar-refractivity contribution in [1.82, 2.24) is 4.57 Å². The van der Waals surface area contributed by atoms with Crippen molar-refractivity contribution in [2.75, 3.05) is 0 Å². The molecule has 0 aliphatic heterocycles. The monoisotopic (exact) mass is 261 g/mol. The number of hydrogen-bond acceptors (Lipinski definition) is 1. The maximum atomic E-state index is 14.0. The molecule has 0 spiro atoms. The Morgan fingerprint density at radius 1 is 1.32 bits per heavy atom. The second-order valence-electron chi connectivity index (χ2n) is 4.49. The normalized spacial score (nSPS) is 10.7. The molecule has 0 unspecified atom stereocenters. The molecule has 1 aromatic carbocycles. The molecule has 2 rings (SSSR count). The molecule has 0 aliphatic rings. The fourth-order valence-corrected chi connectivity index (χ4v) is 2.29. The topological polar surface area (TPSA) is 42.2 Å². The summed E-state index contributed by atoms with van der Waals surface area (Å²) in [6, 6.07) is 8.07. The van der Waals surface area contributed by atoms with Gasteiger partial charge in [-0.2, -0.15) is 0 Å². The average Bonchev–Trinajstić information content (AvgIpc) is 2.73. The van der Waals surface area contributed by atoms with E-state index in [-0.39, 0.29) is 11.5 Å². The van der Waals surface area contributed by atoms with E-state index in [4.69, 9.17) is 0 Å². The van der Waals surface area contributed by atoms with Crippen LogP contribution in [0.2, 0.25) is 0 Å². The first-order valence-electron chi connectivity index (χ1n) is 6.24. The van der Waals surface area contributed by atoms with E-state index in [1.54, 1.807) is 16.7 Å². The lowest BCUT2D eigenvalue weighted by Gasteiger charge is -2.13. The highest BCUT2D eigenvalue weighted by Crippen LogP contribution is 2.28. The number of aromatic nitrogens is 1. The lowest BCUT2D eigenvalue weighted by Crippen LogP contribution is -2.10. The van der Waals surface area contributed by atoms with Gasteiger partial charge in [0.25, 0.3) is 0 Å². The highest BCUT2D eigenvalue weighted by atomic mass is 19.1. The van der Waals surface area contributed by atoms with E-state index >= 15 is 0 Å². The van der Waals surface area contributed by atoms with Crippen LogP contribution in [0.4, 0.5) is 4.39 Å². The Morgan fingerprint density at radius 3 is 2.63 bits per heavy atom. The Hall–Kier alpha value is -2.10. The third-order valence-corrected chi connectivity index (χ3v) is 3.13. The minimum Gasteiger partial charge on any atom is -0.477 e. The summed E-state index contributed by atoms with van der Waals surface area (Å²) in [5, 5.41) is 9.18. The predicted molar refractivity (Wildman–Crippen MR) is 71.8 cm³/mol. The Bertz CT molecular complexity index is 596. The molecule has 1 heterocycles. The molecule has 2 aromatic rings. The molecule has 0 saturated carbocycles. The van der Waals surface area contributed by atoms with E-state index < -0.39 is 5.97 Å². The number of nitrogens with zero attached hydrogens (tertiary/aromatic N) is 1. The Kier molecular flexibility index (Phi) is 3.69. The van der Waals surface area contributed by atoms with Crippen LogP contribution in [0, 0.1) is 12.7 Å². The molecule has 100 valence electrons. The van der Waals surface area contributed by atoms with E-state index in [2.05, 4.69) is 0 Å². The van der Waals surface area contributed by atoms with Crippen LogP contribution in [0.5, 0.6) is 0 Å². The summed E-state index contributed by atoms with van der Waals surface area (Å²) in [6.45, 7) is 4.34. The zero-order chi connectivity index (χ0) is 14.0. The molecule has 1 N–H and O–H groups in total. The molecule has 19 heavy (non-hydrogen) atoms. The summed E-state index contributed by atoms with van der Waals surface area (Å²) in [7, 11) is 0. The van der Waals surface area contributed by atoms with Crippen LogP contribution < -0.4 is 0 Å². The van der Waals surface area contributed by atoms with Gasteiger partial charge in [-0.25, -0.2) is 9.18 Å². The van der Waals surface area contributed by atoms with Gasteiger partial charge < -0.3 is 9.67 Å². The van der Waals surface area contributed by atoms with Crippen LogP contribution in [-0.2, 0) is 6.54 Å². The number of benzene rings is 1. The molecule has 0 radical (unpaired) electrons. The van der Waals surface area contributed by atoms with E-state index in [9.17, 15) is 14.3 Å². The standard InChI is InChI=1S/C15H16FNO2/c1-3-9-17-12(7-8-13(17)15(18)19)14-10(2)5-4-6-11(14)16/h4-8H,3,9H2,1-2H3,(H,18,19). The van der Waals surface area contributed by atoms with Gasteiger partial charge in [0.2, 0.25) is 0 Å². The van der Waals surface area contributed by atoms with Crippen molar-refractivity contribution >= 4 is 5.97 Å². The second kappa shape index (κ2) is 5.26. The molecule has 0 bridgehead atoms. The summed E-state index contributed by atoms with van der Waals surface area (Å²) in [5.74, 6) is -1.32. The van der Waals surface area contributed by atoms with Crippen molar-refractivity contribution in [3.8, 4) is 11.3 Å². The van der Waals surface area contributed by atoms with Crippen molar-refractivity contribution in [3.05, 3.63) is 47.4 Å². The molecular formula is C15H16FNO2. The average molecular weight is 261 g/mol. The number of aromatic carboxylic acids is 1. The number of carbonyl (C=O) groups is 1. The summed E-state index contributed by atoms with van der Waals surface area (Å²) < 4.78 is 15.7. The van der Waals surface area contributed by atoms with E-state index in [0.717, 1.165) is 12.0 Å². The lowest BCUT2D eigenvalue weighted by molar-refractivity contribution is 0.0685. The predicted octanol–water partition coefficient (Wildman–Crippen LogP) is 3.71. The molecule has 0 aliphatic carbocycles. The number of aryl methyl sites for hydroxylation is 1. The SMILES string of the molecule is CCCn1c(C(=O)O)ccc1-c1c(C)cccc1F. The molecule has 1 aromatic heterocycles. The quantitative estimate of drug-likeness (QED) is 0.911. The van der Waals surface area contributed by atoms with Crippen LogP contribution in [0.25, 0.3) is 11.3 Å². The molecule has 0 saturated heterocycles. The van der Waals surface area contributed by atoms with E-state index in [1.165, 1.54) is 12.1 Å². The minimum absolute atomic E-state index is 0.194. The maximum absolute atomic E-state index is 14.0. The zero-order valence-corrected chi connectivity index (χ0v) is 11.0. The third-order valence-electron chi connectivity index (χ3n) is 3.13. The van der Waals surface area contributed by atoms with Crippen molar-refractivity contribution in [2.24, 2.45) is 0 Å². The minimum atomic E-state index is -0.992. The van der Waals surface area contributed by atoms with Crippen molar-refractivity contribution in [1.29, 1.82) is 0 Å². The van der Waals surface area contributed by atoms with Crippen LogP contribution in [0.15, 0.2) is 30.3 Å². The van der Waals surface area contributed by atoms with Crippen LogP contribution >= 0.6 is 0 Å². The van der Waals surface area contributed by atoms with Crippen molar-refractivity contribution in [3.63, 3.8) is 0 Å². The number of rotatable bonds is 4. The van der Waals surface area contributed by atoms with Crippen molar-refractivity contribution in [2.45, 2.75) is 26.8 Å². The number of halogens is 1. The van der Waals surface area contributed by atoms with Gasteiger partial charge in [-0.15, -0.1) is 0 Å². The second-order valence-corrected chi connectivity index (χ2v) is 4.49. The Morgan fingerprint density at radius 2 is 2.05 bits per heavy atom. The first kappa shape index (κ1) is 13.3. The third kappa shape index (κ3) is 2.38. The van der Waals surface area contributed by atoms with Crippen LogP contribution in [0.3, 0.4) is 0 Å².